The summed E-state index contributed by atoms with van der Waals surface area (Å²) in [5.41, 5.74) is 0.658. The van der Waals surface area contributed by atoms with Crippen molar-refractivity contribution in [1.29, 1.82) is 0 Å². The molecule has 0 radical (unpaired) electrons. The number of aliphatic carboxylic acids is 1. The number of nitrogens with zero attached hydrogens (tertiary/aromatic N) is 1. The second-order valence-corrected chi connectivity index (χ2v) is 4.56. The van der Waals surface area contributed by atoms with E-state index in [1.165, 1.54) is 6.07 Å². The third kappa shape index (κ3) is 4.70. The number of nitrogens with one attached hydrogen (secondary N) is 1. The Morgan fingerprint density at radius 1 is 1.44 bits per heavy atom. The summed E-state index contributed by atoms with van der Waals surface area (Å²) in [6, 6.07) is 4.78. The summed E-state index contributed by atoms with van der Waals surface area (Å²) >= 11 is 3.11. The Balaban J connectivity index is 2.45. The van der Waals surface area contributed by atoms with Gasteiger partial charge in [0.25, 0.3) is 5.69 Å². The Labute approximate surface area is 112 Å². The largest absolute Gasteiger partial charge is 0.481 e. The van der Waals surface area contributed by atoms with Crippen molar-refractivity contribution in [2.75, 3.05) is 11.9 Å². The number of hydrogen-bond donors (Lipinski definition) is 2. The molecule has 0 unspecified atom stereocenters. The third-order valence-electron chi connectivity index (χ3n) is 2.29. The fourth-order valence-electron chi connectivity index (χ4n) is 1.40. The van der Waals surface area contributed by atoms with E-state index >= 15 is 0 Å². The van der Waals surface area contributed by atoms with Crippen LogP contribution >= 0.6 is 15.9 Å². The number of benzene rings is 1. The number of hydrogen-bond acceptors (Lipinski definition) is 4. The van der Waals surface area contributed by atoms with Gasteiger partial charge in [-0.25, -0.2) is 0 Å². The molecule has 7 heteroatoms. The van der Waals surface area contributed by atoms with Gasteiger partial charge in [0, 0.05) is 24.7 Å². The van der Waals surface area contributed by atoms with Crippen LogP contribution in [0.3, 0.4) is 0 Å². The minimum atomic E-state index is -0.811. The smallest absolute Gasteiger partial charge is 0.303 e. The SMILES string of the molecule is O=C(O)CCCCNc1ccc(Br)c([N+](=O)[O-])c1. The standard InChI is InChI=1S/C11H13BrN2O4/c12-9-5-4-8(7-10(9)14(17)18)13-6-2-1-3-11(15)16/h4-5,7,13H,1-3,6H2,(H,15,16). The van der Waals surface area contributed by atoms with Gasteiger partial charge < -0.3 is 10.4 Å². The van der Waals surface area contributed by atoms with Crippen molar-refractivity contribution in [3.05, 3.63) is 32.8 Å². The van der Waals surface area contributed by atoms with E-state index in [4.69, 9.17) is 5.11 Å². The molecule has 0 amide bonds. The maximum atomic E-state index is 10.7. The lowest BCUT2D eigenvalue weighted by atomic mass is 10.2. The molecule has 6 nitrogen and oxygen atoms in total. The van der Waals surface area contributed by atoms with Crippen LogP contribution in [0.2, 0.25) is 0 Å². The summed E-state index contributed by atoms with van der Waals surface area (Å²) in [4.78, 5) is 20.5. The van der Waals surface area contributed by atoms with Crippen molar-refractivity contribution in [3.63, 3.8) is 0 Å². The Morgan fingerprint density at radius 3 is 2.78 bits per heavy atom. The Morgan fingerprint density at radius 2 is 2.17 bits per heavy atom. The highest BCUT2D eigenvalue weighted by Gasteiger charge is 2.11. The predicted octanol–water partition coefficient (Wildman–Crippen LogP) is 3.02. The lowest BCUT2D eigenvalue weighted by Crippen LogP contribution is -2.03. The van der Waals surface area contributed by atoms with Crippen molar-refractivity contribution >= 4 is 33.3 Å². The van der Waals surface area contributed by atoms with Gasteiger partial charge in [-0.1, -0.05) is 0 Å². The van der Waals surface area contributed by atoms with Crippen LogP contribution in [0.25, 0.3) is 0 Å². The van der Waals surface area contributed by atoms with Crippen LogP contribution in [0.1, 0.15) is 19.3 Å². The molecule has 0 aliphatic carbocycles. The number of halogens is 1. The lowest BCUT2D eigenvalue weighted by Gasteiger charge is -2.06. The first-order valence-electron chi connectivity index (χ1n) is 5.40. The summed E-state index contributed by atoms with van der Waals surface area (Å²) in [5.74, 6) is -0.811. The van der Waals surface area contributed by atoms with Crippen molar-refractivity contribution in [1.82, 2.24) is 0 Å². The number of carbonyl (C=O) groups is 1. The minimum Gasteiger partial charge on any atom is -0.481 e. The summed E-state index contributed by atoms with van der Waals surface area (Å²) in [7, 11) is 0. The van der Waals surface area contributed by atoms with E-state index in [0.717, 1.165) is 0 Å². The second-order valence-electron chi connectivity index (χ2n) is 3.70. The highest BCUT2D eigenvalue weighted by molar-refractivity contribution is 9.10. The van der Waals surface area contributed by atoms with E-state index in [-0.39, 0.29) is 12.1 Å². The van der Waals surface area contributed by atoms with E-state index in [0.29, 0.717) is 29.5 Å². The number of anilines is 1. The topological polar surface area (TPSA) is 92.5 Å². The third-order valence-corrected chi connectivity index (χ3v) is 2.96. The zero-order chi connectivity index (χ0) is 13.5. The molecule has 0 fully saturated rings. The molecule has 1 aromatic carbocycles. The first-order chi connectivity index (χ1) is 8.50. The molecule has 0 aromatic heterocycles. The molecule has 0 aliphatic heterocycles. The summed E-state index contributed by atoms with van der Waals surface area (Å²) in [6.45, 7) is 0.589. The van der Waals surface area contributed by atoms with E-state index in [9.17, 15) is 14.9 Å². The van der Waals surface area contributed by atoms with Gasteiger partial charge in [0.05, 0.1) is 9.40 Å². The molecule has 0 aliphatic rings. The summed E-state index contributed by atoms with van der Waals surface area (Å²) in [5, 5.41) is 22.2. The number of rotatable bonds is 7. The molecule has 1 rings (SSSR count). The summed E-state index contributed by atoms with van der Waals surface area (Å²) in [6.07, 6.45) is 1.43. The fraction of sp³-hybridized carbons (Fsp3) is 0.364. The molecular formula is C11H13BrN2O4. The number of carboxylic acid groups (broad SMARTS) is 1. The molecule has 0 saturated heterocycles. The van der Waals surface area contributed by atoms with Crippen molar-refractivity contribution in [3.8, 4) is 0 Å². The average molecular weight is 317 g/mol. The van der Waals surface area contributed by atoms with Crippen LogP contribution in [-0.4, -0.2) is 22.5 Å². The monoisotopic (exact) mass is 316 g/mol. The van der Waals surface area contributed by atoms with Crippen LogP contribution in [0.5, 0.6) is 0 Å². The maximum Gasteiger partial charge on any atom is 0.303 e. The number of nitro groups is 1. The fourth-order valence-corrected chi connectivity index (χ4v) is 1.79. The molecule has 1 aromatic rings. The molecule has 0 bridgehead atoms. The van der Waals surface area contributed by atoms with Gasteiger partial charge >= 0.3 is 5.97 Å². The number of nitro benzene ring substituents is 1. The van der Waals surface area contributed by atoms with Gasteiger partial charge in [0.2, 0.25) is 0 Å². The molecule has 98 valence electrons. The van der Waals surface area contributed by atoms with Gasteiger partial charge in [-0.15, -0.1) is 0 Å². The van der Waals surface area contributed by atoms with Gasteiger partial charge in [0.15, 0.2) is 0 Å². The molecule has 0 spiro atoms. The van der Waals surface area contributed by atoms with Crippen LogP contribution in [0, 0.1) is 10.1 Å². The van der Waals surface area contributed by atoms with Crippen LogP contribution in [0.4, 0.5) is 11.4 Å². The van der Waals surface area contributed by atoms with E-state index in [2.05, 4.69) is 21.2 Å². The summed E-state index contributed by atoms with van der Waals surface area (Å²) < 4.78 is 0.434. The van der Waals surface area contributed by atoms with Crippen LogP contribution in [0.15, 0.2) is 22.7 Å². The molecule has 0 saturated carbocycles. The lowest BCUT2D eigenvalue weighted by molar-refractivity contribution is -0.385. The van der Waals surface area contributed by atoms with E-state index < -0.39 is 10.9 Å². The van der Waals surface area contributed by atoms with E-state index in [1.54, 1.807) is 12.1 Å². The maximum absolute atomic E-state index is 10.7. The predicted molar refractivity (Wildman–Crippen MR) is 70.8 cm³/mol. The Bertz CT molecular complexity index is 451. The highest BCUT2D eigenvalue weighted by Crippen LogP contribution is 2.27. The van der Waals surface area contributed by atoms with Crippen LogP contribution < -0.4 is 5.32 Å². The normalized spacial score (nSPS) is 10.1. The zero-order valence-electron chi connectivity index (χ0n) is 9.56. The molecule has 18 heavy (non-hydrogen) atoms. The number of unbranched alkanes of at least 4 members (excludes halogenated alkanes) is 1. The number of carboxylic acids is 1. The average Bonchev–Trinajstić information content (AvgIpc) is 2.30. The van der Waals surface area contributed by atoms with Crippen molar-refractivity contribution in [2.45, 2.75) is 19.3 Å². The highest BCUT2D eigenvalue weighted by atomic mass is 79.9. The van der Waals surface area contributed by atoms with Crippen molar-refractivity contribution < 1.29 is 14.8 Å². The van der Waals surface area contributed by atoms with E-state index in [1.807, 2.05) is 0 Å². The molecule has 2 N–H and O–H groups in total. The first kappa shape index (κ1) is 14.4. The van der Waals surface area contributed by atoms with Gasteiger partial charge in [-0.3, -0.25) is 14.9 Å². The first-order valence-corrected chi connectivity index (χ1v) is 6.19. The van der Waals surface area contributed by atoms with Gasteiger partial charge in [0.1, 0.15) is 0 Å². The Hall–Kier alpha value is -1.63. The second kappa shape index (κ2) is 6.95. The minimum absolute atomic E-state index is 0.00513. The Kier molecular flexibility index (Phi) is 5.57. The molecular weight excluding hydrogens is 304 g/mol. The zero-order valence-corrected chi connectivity index (χ0v) is 11.1. The molecule has 0 atom stereocenters. The van der Waals surface area contributed by atoms with Gasteiger partial charge in [-0.05, 0) is 40.9 Å². The van der Waals surface area contributed by atoms with Crippen LogP contribution in [-0.2, 0) is 4.79 Å². The van der Waals surface area contributed by atoms with Crippen molar-refractivity contribution in [2.24, 2.45) is 0 Å². The van der Waals surface area contributed by atoms with Gasteiger partial charge in [-0.2, -0.15) is 0 Å². The quantitative estimate of drug-likeness (QED) is 0.458. The molecule has 0 heterocycles.